The monoisotopic (exact) mass is 315 g/mol. The van der Waals surface area contributed by atoms with Gasteiger partial charge in [0, 0.05) is 10.4 Å². The Labute approximate surface area is 127 Å². The fourth-order valence-electron chi connectivity index (χ4n) is 1.41. The highest BCUT2D eigenvalue weighted by molar-refractivity contribution is 8.01. The Morgan fingerprint density at radius 1 is 1.45 bits per heavy atom. The zero-order chi connectivity index (χ0) is 15.3. The fraction of sp³-hybridized carbons (Fsp3) is 0.615. The molecule has 2 amide bonds. The van der Waals surface area contributed by atoms with E-state index >= 15 is 0 Å². The van der Waals surface area contributed by atoms with Gasteiger partial charge < -0.3 is 11.1 Å². The zero-order valence-electron chi connectivity index (χ0n) is 12.3. The smallest absolute Gasteiger partial charge is 0.230 e. The molecular formula is C13H21N3O2S2. The van der Waals surface area contributed by atoms with Crippen LogP contribution in [0, 0.1) is 6.92 Å². The number of nitrogens with one attached hydrogen (secondary N) is 1. The number of hydrogen-bond acceptors (Lipinski definition) is 5. The maximum Gasteiger partial charge on any atom is 0.230 e. The van der Waals surface area contributed by atoms with Gasteiger partial charge in [-0.25, -0.2) is 4.98 Å². The van der Waals surface area contributed by atoms with Crippen molar-refractivity contribution in [2.45, 2.75) is 50.4 Å². The summed E-state index contributed by atoms with van der Waals surface area (Å²) in [6.07, 6.45) is 1.08. The summed E-state index contributed by atoms with van der Waals surface area (Å²) in [5.74, 6) is -0.0475. The van der Waals surface area contributed by atoms with Gasteiger partial charge in [0.1, 0.15) is 0 Å². The largest absolute Gasteiger partial charge is 0.369 e. The first-order valence-corrected chi connectivity index (χ1v) is 8.22. The Morgan fingerprint density at radius 3 is 2.65 bits per heavy atom. The standard InChI is InChI=1S/C13H21N3O2S2/c1-5-13(3,4)16-11(18)7-19-12-15-8(2)9(20-12)6-10(14)17/h5-7H2,1-4H3,(H2,14,17)(H,16,18). The third-order valence-corrected chi connectivity index (χ3v) is 5.20. The number of thiazole rings is 1. The number of primary amides is 1. The van der Waals surface area contributed by atoms with Crippen LogP contribution in [0.2, 0.25) is 0 Å². The first-order valence-electron chi connectivity index (χ1n) is 6.42. The van der Waals surface area contributed by atoms with E-state index in [0.717, 1.165) is 21.3 Å². The topological polar surface area (TPSA) is 85.1 Å². The number of aryl methyl sites for hydroxylation is 1. The molecule has 0 aliphatic carbocycles. The highest BCUT2D eigenvalue weighted by Crippen LogP contribution is 2.27. The van der Waals surface area contributed by atoms with Gasteiger partial charge in [-0.05, 0) is 27.2 Å². The predicted molar refractivity (Wildman–Crippen MR) is 83.0 cm³/mol. The summed E-state index contributed by atoms with van der Waals surface area (Å²) in [6, 6.07) is 0. The lowest BCUT2D eigenvalue weighted by Gasteiger charge is -2.24. The van der Waals surface area contributed by atoms with Crippen LogP contribution in [0.15, 0.2) is 4.34 Å². The molecule has 0 saturated heterocycles. The van der Waals surface area contributed by atoms with Crippen LogP contribution < -0.4 is 11.1 Å². The van der Waals surface area contributed by atoms with Gasteiger partial charge in [-0.15, -0.1) is 11.3 Å². The predicted octanol–water partition coefficient (Wildman–Crippen LogP) is 1.88. The van der Waals surface area contributed by atoms with Crippen LogP contribution in [-0.4, -0.2) is 28.1 Å². The summed E-state index contributed by atoms with van der Waals surface area (Å²) in [5, 5.41) is 2.97. The Hall–Kier alpha value is -1.08. The van der Waals surface area contributed by atoms with Gasteiger partial charge in [-0.3, -0.25) is 9.59 Å². The second-order valence-electron chi connectivity index (χ2n) is 5.21. The summed E-state index contributed by atoms with van der Waals surface area (Å²) >= 11 is 2.81. The van der Waals surface area contributed by atoms with E-state index in [1.807, 2.05) is 27.7 Å². The molecule has 0 spiro atoms. The molecule has 0 aliphatic rings. The molecule has 20 heavy (non-hydrogen) atoms. The van der Waals surface area contributed by atoms with Gasteiger partial charge in [0.05, 0.1) is 17.9 Å². The van der Waals surface area contributed by atoms with Crippen molar-refractivity contribution in [2.75, 3.05) is 5.75 Å². The Kier molecular flexibility index (Phi) is 6.01. The number of nitrogens with zero attached hydrogens (tertiary/aromatic N) is 1. The van der Waals surface area contributed by atoms with Crippen LogP contribution in [-0.2, 0) is 16.0 Å². The van der Waals surface area contributed by atoms with Crippen LogP contribution in [0.1, 0.15) is 37.8 Å². The number of hydrogen-bond donors (Lipinski definition) is 2. The molecular weight excluding hydrogens is 294 g/mol. The molecule has 0 saturated carbocycles. The van der Waals surface area contributed by atoms with E-state index in [4.69, 9.17) is 5.73 Å². The van der Waals surface area contributed by atoms with Crippen LogP contribution >= 0.6 is 23.1 Å². The van der Waals surface area contributed by atoms with Crippen LogP contribution in [0.5, 0.6) is 0 Å². The molecule has 5 nitrogen and oxygen atoms in total. The Balaban J connectivity index is 2.54. The zero-order valence-corrected chi connectivity index (χ0v) is 13.9. The lowest BCUT2D eigenvalue weighted by Crippen LogP contribution is -2.43. The van der Waals surface area contributed by atoms with Gasteiger partial charge in [0.25, 0.3) is 0 Å². The van der Waals surface area contributed by atoms with E-state index in [0.29, 0.717) is 5.75 Å². The van der Waals surface area contributed by atoms with E-state index in [2.05, 4.69) is 10.3 Å². The number of rotatable bonds is 7. The molecule has 0 fully saturated rings. The summed E-state index contributed by atoms with van der Waals surface area (Å²) in [4.78, 5) is 28.0. The molecule has 3 N–H and O–H groups in total. The number of nitrogens with two attached hydrogens (primary N) is 1. The van der Waals surface area contributed by atoms with E-state index < -0.39 is 0 Å². The highest BCUT2D eigenvalue weighted by atomic mass is 32.2. The summed E-state index contributed by atoms with van der Waals surface area (Å²) in [6.45, 7) is 7.87. The van der Waals surface area contributed by atoms with E-state index in [1.165, 1.54) is 23.1 Å². The maximum atomic E-state index is 11.8. The molecule has 1 heterocycles. The first kappa shape index (κ1) is 17.0. The molecule has 1 aromatic rings. The van der Waals surface area contributed by atoms with E-state index in [1.54, 1.807) is 0 Å². The summed E-state index contributed by atoms with van der Waals surface area (Å²) in [5.41, 5.74) is 5.80. The fourth-order valence-corrected chi connectivity index (χ4v) is 3.46. The van der Waals surface area contributed by atoms with Crippen molar-refractivity contribution in [3.63, 3.8) is 0 Å². The number of carbonyl (C=O) groups excluding carboxylic acids is 2. The Morgan fingerprint density at radius 2 is 2.10 bits per heavy atom. The highest BCUT2D eigenvalue weighted by Gasteiger charge is 2.18. The van der Waals surface area contributed by atoms with Crippen molar-refractivity contribution in [1.82, 2.24) is 10.3 Å². The second kappa shape index (κ2) is 7.08. The van der Waals surface area contributed by atoms with Crippen molar-refractivity contribution in [3.8, 4) is 0 Å². The molecule has 112 valence electrons. The molecule has 0 aromatic carbocycles. The minimum Gasteiger partial charge on any atom is -0.369 e. The van der Waals surface area contributed by atoms with Gasteiger partial charge in [0.2, 0.25) is 11.8 Å². The van der Waals surface area contributed by atoms with E-state index in [-0.39, 0.29) is 23.8 Å². The van der Waals surface area contributed by atoms with Crippen molar-refractivity contribution < 1.29 is 9.59 Å². The van der Waals surface area contributed by atoms with E-state index in [9.17, 15) is 9.59 Å². The van der Waals surface area contributed by atoms with Crippen molar-refractivity contribution in [2.24, 2.45) is 5.73 Å². The van der Waals surface area contributed by atoms with Gasteiger partial charge in [-0.1, -0.05) is 18.7 Å². The third-order valence-electron chi connectivity index (χ3n) is 2.90. The van der Waals surface area contributed by atoms with Crippen molar-refractivity contribution in [3.05, 3.63) is 10.6 Å². The molecule has 0 unspecified atom stereocenters. The Bertz CT molecular complexity index is 498. The van der Waals surface area contributed by atoms with Crippen LogP contribution in [0.25, 0.3) is 0 Å². The molecule has 0 aliphatic heterocycles. The lowest BCUT2D eigenvalue weighted by molar-refractivity contribution is -0.120. The first-order chi connectivity index (χ1) is 9.23. The average molecular weight is 315 g/mol. The molecule has 0 atom stereocenters. The molecule has 1 aromatic heterocycles. The second-order valence-corrected chi connectivity index (χ2v) is 7.51. The summed E-state index contributed by atoms with van der Waals surface area (Å²) in [7, 11) is 0. The SMILES string of the molecule is CCC(C)(C)NC(=O)CSc1nc(C)c(CC(N)=O)s1. The number of carbonyl (C=O) groups is 2. The molecule has 0 bridgehead atoms. The van der Waals surface area contributed by atoms with Gasteiger partial charge >= 0.3 is 0 Å². The maximum absolute atomic E-state index is 11.8. The van der Waals surface area contributed by atoms with Crippen molar-refractivity contribution in [1.29, 1.82) is 0 Å². The molecule has 7 heteroatoms. The molecule has 1 rings (SSSR count). The minimum absolute atomic E-state index is 0.00819. The number of aromatic nitrogens is 1. The lowest BCUT2D eigenvalue weighted by atomic mass is 10.0. The van der Waals surface area contributed by atoms with Gasteiger partial charge in [0.15, 0.2) is 4.34 Å². The number of thioether (sulfide) groups is 1. The quantitative estimate of drug-likeness (QED) is 0.752. The third kappa shape index (κ3) is 5.50. The van der Waals surface area contributed by atoms with Crippen LogP contribution in [0.4, 0.5) is 0 Å². The van der Waals surface area contributed by atoms with Gasteiger partial charge in [-0.2, -0.15) is 0 Å². The normalized spacial score (nSPS) is 11.4. The average Bonchev–Trinajstić information content (AvgIpc) is 2.66. The van der Waals surface area contributed by atoms with Crippen molar-refractivity contribution >= 4 is 34.9 Å². The molecule has 0 radical (unpaired) electrons. The van der Waals surface area contributed by atoms with Crippen LogP contribution in [0.3, 0.4) is 0 Å². The number of amides is 2. The minimum atomic E-state index is -0.365. The summed E-state index contributed by atoms with van der Waals surface area (Å²) < 4.78 is 0.795.